The van der Waals surface area contributed by atoms with Crippen molar-refractivity contribution in [1.29, 1.82) is 0 Å². The number of carbonyl (C=O) groups excluding carboxylic acids is 1. The van der Waals surface area contributed by atoms with E-state index in [0.717, 1.165) is 33.0 Å². The average Bonchev–Trinajstić information content (AvgIpc) is 3.33. The molecule has 0 radical (unpaired) electrons. The molecule has 2 aromatic heterocycles. The molecule has 1 aliphatic rings. The van der Waals surface area contributed by atoms with Gasteiger partial charge in [-0.3, -0.25) is 9.36 Å². The molecule has 10 heteroatoms. The van der Waals surface area contributed by atoms with Gasteiger partial charge in [0.15, 0.2) is 0 Å². The van der Waals surface area contributed by atoms with Crippen LogP contribution in [0.5, 0.6) is 0 Å². The first kappa shape index (κ1) is 21.9. The van der Waals surface area contributed by atoms with E-state index in [4.69, 9.17) is 5.73 Å². The van der Waals surface area contributed by atoms with Gasteiger partial charge in [0, 0.05) is 28.4 Å². The number of hydrogen-bond donors (Lipinski definition) is 2. The number of aryl methyl sites for hydroxylation is 1. The van der Waals surface area contributed by atoms with Crippen molar-refractivity contribution in [3.05, 3.63) is 69.5 Å². The molecule has 0 saturated heterocycles. The Bertz CT molecular complexity index is 1150. The Hall–Kier alpha value is -2.75. The fourth-order valence-electron chi connectivity index (χ4n) is 3.25. The van der Waals surface area contributed by atoms with Gasteiger partial charge in [0.25, 0.3) is 0 Å². The van der Waals surface area contributed by atoms with Crippen molar-refractivity contribution in [2.75, 3.05) is 11.9 Å². The molecule has 1 aliphatic heterocycles. The highest BCUT2D eigenvalue weighted by atomic mass is 35.5. The SMILES string of the molecule is Cl.NC/C(=C\F)Cn1ncn(Cc2ccc(-c3ccc4c(c3)CCC(=O)N4)s2)c1=O. The van der Waals surface area contributed by atoms with Gasteiger partial charge in [-0.05, 0) is 47.4 Å². The Labute approximate surface area is 182 Å². The van der Waals surface area contributed by atoms with Crippen molar-refractivity contribution < 1.29 is 9.18 Å². The van der Waals surface area contributed by atoms with Gasteiger partial charge in [-0.15, -0.1) is 23.7 Å². The number of rotatable bonds is 6. The van der Waals surface area contributed by atoms with Gasteiger partial charge in [-0.1, -0.05) is 6.07 Å². The van der Waals surface area contributed by atoms with E-state index >= 15 is 0 Å². The molecule has 0 atom stereocenters. The molecule has 7 nitrogen and oxygen atoms in total. The molecule has 0 aliphatic carbocycles. The third kappa shape index (κ3) is 4.53. The van der Waals surface area contributed by atoms with Gasteiger partial charge in [0.1, 0.15) is 6.33 Å². The largest absolute Gasteiger partial charge is 0.346 e. The Balaban J connectivity index is 0.00000256. The molecule has 0 spiro atoms. The molecule has 158 valence electrons. The number of benzene rings is 1. The second kappa shape index (κ2) is 9.38. The van der Waals surface area contributed by atoms with Gasteiger partial charge in [0.2, 0.25) is 5.91 Å². The van der Waals surface area contributed by atoms with Crippen molar-refractivity contribution in [1.82, 2.24) is 14.3 Å². The summed E-state index contributed by atoms with van der Waals surface area (Å²) in [6.07, 6.45) is 3.11. The highest BCUT2D eigenvalue weighted by Crippen LogP contribution is 2.32. The van der Waals surface area contributed by atoms with Crippen LogP contribution in [-0.4, -0.2) is 26.8 Å². The van der Waals surface area contributed by atoms with Gasteiger partial charge < -0.3 is 11.1 Å². The van der Waals surface area contributed by atoms with E-state index in [0.29, 0.717) is 24.9 Å². The number of carbonyl (C=O) groups is 1. The lowest BCUT2D eigenvalue weighted by Gasteiger charge is -2.17. The zero-order valence-electron chi connectivity index (χ0n) is 16.0. The summed E-state index contributed by atoms with van der Waals surface area (Å²) in [5, 5.41) is 6.93. The summed E-state index contributed by atoms with van der Waals surface area (Å²) in [5.74, 6) is 0.0511. The van der Waals surface area contributed by atoms with Crippen molar-refractivity contribution in [3.63, 3.8) is 0 Å². The van der Waals surface area contributed by atoms with Gasteiger partial charge in [-0.25, -0.2) is 13.9 Å². The van der Waals surface area contributed by atoms with Crippen LogP contribution >= 0.6 is 23.7 Å². The van der Waals surface area contributed by atoms with Crippen LogP contribution in [0.1, 0.15) is 16.9 Å². The topological polar surface area (TPSA) is 94.9 Å². The maximum absolute atomic E-state index is 12.7. The summed E-state index contributed by atoms with van der Waals surface area (Å²) in [6, 6.07) is 10.0. The minimum absolute atomic E-state index is 0. The fourth-order valence-corrected chi connectivity index (χ4v) is 4.25. The smallest absolute Gasteiger partial charge is 0.327 e. The number of nitrogens with zero attached hydrogens (tertiary/aromatic N) is 3. The molecule has 0 fully saturated rings. The van der Waals surface area contributed by atoms with Crippen molar-refractivity contribution >= 4 is 35.3 Å². The lowest BCUT2D eigenvalue weighted by molar-refractivity contribution is -0.116. The molecule has 4 rings (SSSR count). The molecule has 3 N–H and O–H groups in total. The number of anilines is 1. The molecular weight excluding hydrogens is 429 g/mol. The normalized spacial score (nSPS) is 13.5. The molecular formula is C20H21ClFN5O2S. The maximum atomic E-state index is 12.7. The third-order valence-electron chi connectivity index (χ3n) is 4.84. The lowest BCUT2D eigenvalue weighted by Crippen LogP contribution is -2.26. The highest BCUT2D eigenvalue weighted by molar-refractivity contribution is 7.15. The Morgan fingerprint density at radius 1 is 1.27 bits per heavy atom. The molecule has 30 heavy (non-hydrogen) atoms. The summed E-state index contributed by atoms with van der Waals surface area (Å²) in [5.41, 5.74) is 8.53. The second-order valence-corrected chi connectivity index (χ2v) is 8.02. The van der Waals surface area contributed by atoms with Gasteiger partial charge in [-0.2, -0.15) is 5.10 Å². The van der Waals surface area contributed by atoms with Crippen LogP contribution in [0.4, 0.5) is 10.1 Å². The molecule has 3 heterocycles. The van der Waals surface area contributed by atoms with Gasteiger partial charge in [0.05, 0.1) is 19.4 Å². The van der Waals surface area contributed by atoms with E-state index < -0.39 is 0 Å². The van der Waals surface area contributed by atoms with E-state index in [2.05, 4.69) is 16.5 Å². The quantitative estimate of drug-likeness (QED) is 0.604. The van der Waals surface area contributed by atoms with Crippen LogP contribution in [0, 0.1) is 0 Å². The van der Waals surface area contributed by atoms with Crippen LogP contribution in [0.15, 0.2) is 53.4 Å². The first-order chi connectivity index (χ1) is 14.1. The van der Waals surface area contributed by atoms with Crippen LogP contribution in [0.2, 0.25) is 0 Å². The van der Waals surface area contributed by atoms with Gasteiger partial charge >= 0.3 is 5.69 Å². The lowest BCUT2D eigenvalue weighted by atomic mass is 10.00. The second-order valence-electron chi connectivity index (χ2n) is 6.86. The first-order valence-corrected chi connectivity index (χ1v) is 10.0. The minimum atomic E-state index is -0.308. The number of hydrogen-bond acceptors (Lipinski definition) is 5. The number of nitrogens with two attached hydrogens (primary N) is 1. The summed E-state index contributed by atoms with van der Waals surface area (Å²) >= 11 is 1.60. The Morgan fingerprint density at radius 2 is 2.10 bits per heavy atom. The number of amides is 1. The number of thiophene rings is 1. The number of aromatic nitrogens is 3. The van der Waals surface area contributed by atoms with Crippen molar-refractivity contribution in [2.45, 2.75) is 25.9 Å². The van der Waals surface area contributed by atoms with Crippen LogP contribution in [0.3, 0.4) is 0 Å². The van der Waals surface area contributed by atoms with E-state index in [1.165, 1.54) is 15.6 Å². The summed E-state index contributed by atoms with van der Waals surface area (Å²) in [7, 11) is 0. The summed E-state index contributed by atoms with van der Waals surface area (Å²) in [6.45, 7) is 0.469. The molecule has 0 saturated carbocycles. The van der Waals surface area contributed by atoms with Crippen LogP contribution in [-0.2, 0) is 24.3 Å². The van der Waals surface area contributed by atoms with E-state index in [1.807, 2.05) is 24.3 Å². The average molecular weight is 450 g/mol. The molecule has 1 aromatic carbocycles. The molecule has 0 unspecified atom stereocenters. The maximum Gasteiger partial charge on any atom is 0.346 e. The predicted molar refractivity (Wildman–Crippen MR) is 118 cm³/mol. The Kier molecular flexibility index (Phi) is 6.86. The predicted octanol–water partition coefficient (Wildman–Crippen LogP) is 2.94. The number of halogens is 2. The zero-order chi connectivity index (χ0) is 20.4. The number of nitrogens with one attached hydrogen (secondary N) is 1. The molecule has 0 bridgehead atoms. The summed E-state index contributed by atoms with van der Waals surface area (Å²) in [4.78, 5) is 26.1. The third-order valence-corrected chi connectivity index (χ3v) is 5.96. The Morgan fingerprint density at radius 3 is 2.87 bits per heavy atom. The monoisotopic (exact) mass is 449 g/mol. The summed E-state index contributed by atoms with van der Waals surface area (Å²) < 4.78 is 15.4. The van der Waals surface area contributed by atoms with Crippen molar-refractivity contribution in [3.8, 4) is 10.4 Å². The van der Waals surface area contributed by atoms with Crippen molar-refractivity contribution in [2.24, 2.45) is 5.73 Å². The highest BCUT2D eigenvalue weighted by Gasteiger charge is 2.16. The minimum Gasteiger partial charge on any atom is -0.327 e. The van der Waals surface area contributed by atoms with E-state index in [1.54, 1.807) is 11.3 Å². The van der Waals surface area contributed by atoms with E-state index in [9.17, 15) is 14.0 Å². The van der Waals surface area contributed by atoms with Crippen LogP contribution in [0.25, 0.3) is 10.4 Å². The number of fused-ring (bicyclic) bond motifs is 1. The fraction of sp³-hybridized carbons (Fsp3) is 0.250. The first-order valence-electron chi connectivity index (χ1n) is 9.19. The standard InChI is InChI=1S/C20H20FN5O2S.ClH/c21-8-13(9-22)10-26-20(28)25(12-23-26)11-16-3-5-18(29-16)15-1-4-17-14(7-15)2-6-19(27)24-17;/h1,3-5,7-8,12H,2,6,9-11,22H2,(H,24,27);1H/b13-8+;. The molecule has 1 amide bonds. The van der Waals surface area contributed by atoms with E-state index in [-0.39, 0.29) is 37.1 Å². The molecule has 3 aromatic rings. The zero-order valence-corrected chi connectivity index (χ0v) is 17.6. The van der Waals surface area contributed by atoms with Crippen LogP contribution < -0.4 is 16.7 Å².